The monoisotopic (exact) mass is 199 g/mol. The lowest BCUT2D eigenvalue weighted by atomic mass is 9.62. The molecule has 1 fully saturated rings. The lowest BCUT2D eigenvalue weighted by Crippen LogP contribution is -2.59. The second-order valence-corrected chi connectivity index (χ2v) is 5.51. The van der Waals surface area contributed by atoms with Gasteiger partial charge in [0.2, 0.25) is 0 Å². The zero-order chi connectivity index (χ0) is 11.0. The van der Waals surface area contributed by atoms with Gasteiger partial charge in [0.25, 0.3) is 0 Å². The zero-order valence-corrected chi connectivity index (χ0v) is 9.34. The van der Waals surface area contributed by atoms with Crippen molar-refractivity contribution in [1.82, 2.24) is 0 Å². The van der Waals surface area contributed by atoms with Crippen molar-refractivity contribution in [2.24, 2.45) is 17.1 Å². The number of carboxylic acid groups (broad SMARTS) is 1. The maximum atomic E-state index is 11.2. The second-order valence-electron chi connectivity index (χ2n) is 5.51. The van der Waals surface area contributed by atoms with Crippen LogP contribution in [0, 0.1) is 11.3 Å². The molecule has 0 amide bonds. The van der Waals surface area contributed by atoms with Gasteiger partial charge < -0.3 is 10.8 Å². The Bertz CT molecular complexity index is 232. The summed E-state index contributed by atoms with van der Waals surface area (Å²) in [5.41, 5.74) is 5.01. The first-order valence-electron chi connectivity index (χ1n) is 5.31. The molecular weight excluding hydrogens is 178 g/mol. The molecule has 14 heavy (non-hydrogen) atoms. The van der Waals surface area contributed by atoms with Crippen molar-refractivity contribution >= 4 is 5.97 Å². The third kappa shape index (κ3) is 1.92. The maximum Gasteiger partial charge on any atom is 0.323 e. The molecule has 3 heteroatoms. The molecule has 0 aromatic heterocycles. The summed E-state index contributed by atoms with van der Waals surface area (Å²) in [4.78, 5) is 11.2. The number of nitrogens with two attached hydrogens (primary N) is 1. The molecule has 0 spiro atoms. The number of rotatable bonds is 1. The van der Waals surface area contributed by atoms with Gasteiger partial charge in [-0.3, -0.25) is 4.79 Å². The van der Waals surface area contributed by atoms with Crippen molar-refractivity contribution in [3.63, 3.8) is 0 Å². The Kier molecular flexibility index (Phi) is 2.91. The number of carbonyl (C=O) groups is 1. The second kappa shape index (κ2) is 3.54. The summed E-state index contributed by atoms with van der Waals surface area (Å²) in [5, 5.41) is 9.21. The summed E-state index contributed by atoms with van der Waals surface area (Å²) < 4.78 is 0. The van der Waals surface area contributed by atoms with Crippen LogP contribution in [-0.4, -0.2) is 16.6 Å². The first kappa shape index (κ1) is 11.5. The fourth-order valence-electron chi connectivity index (χ4n) is 2.66. The van der Waals surface area contributed by atoms with E-state index in [-0.39, 0.29) is 11.3 Å². The molecule has 1 aliphatic rings. The van der Waals surface area contributed by atoms with Gasteiger partial charge in [0.05, 0.1) is 0 Å². The van der Waals surface area contributed by atoms with E-state index in [2.05, 4.69) is 20.8 Å². The highest BCUT2D eigenvalue weighted by Gasteiger charge is 2.48. The van der Waals surface area contributed by atoms with Gasteiger partial charge >= 0.3 is 5.97 Å². The van der Waals surface area contributed by atoms with Crippen molar-refractivity contribution < 1.29 is 9.90 Å². The number of hydrogen-bond acceptors (Lipinski definition) is 2. The van der Waals surface area contributed by atoms with Gasteiger partial charge in [0, 0.05) is 0 Å². The van der Waals surface area contributed by atoms with E-state index >= 15 is 0 Å². The summed E-state index contributed by atoms with van der Waals surface area (Å²) in [6.45, 7) is 6.23. The highest BCUT2D eigenvalue weighted by atomic mass is 16.4. The summed E-state index contributed by atoms with van der Waals surface area (Å²) >= 11 is 0. The molecule has 82 valence electrons. The van der Waals surface area contributed by atoms with Gasteiger partial charge in [0.15, 0.2) is 0 Å². The van der Waals surface area contributed by atoms with Gasteiger partial charge in [0.1, 0.15) is 5.54 Å². The summed E-state index contributed by atoms with van der Waals surface area (Å²) in [6.07, 6.45) is 3.60. The van der Waals surface area contributed by atoms with Crippen LogP contribution in [0.15, 0.2) is 0 Å². The molecule has 3 nitrogen and oxygen atoms in total. The third-order valence-electron chi connectivity index (χ3n) is 3.40. The molecule has 0 saturated heterocycles. The molecule has 3 N–H and O–H groups in total. The largest absolute Gasteiger partial charge is 0.480 e. The van der Waals surface area contributed by atoms with Gasteiger partial charge in [-0.15, -0.1) is 0 Å². The van der Waals surface area contributed by atoms with Crippen molar-refractivity contribution in [3.8, 4) is 0 Å². The lowest BCUT2D eigenvalue weighted by molar-refractivity contribution is -0.149. The van der Waals surface area contributed by atoms with Gasteiger partial charge in [-0.05, 0) is 24.2 Å². The molecule has 0 aromatic carbocycles. The number of aliphatic carboxylic acids is 1. The number of carboxylic acids is 1. The fraction of sp³-hybridized carbons (Fsp3) is 0.909. The minimum atomic E-state index is -1.00. The third-order valence-corrected chi connectivity index (χ3v) is 3.40. The maximum absolute atomic E-state index is 11.2. The van der Waals surface area contributed by atoms with Crippen LogP contribution in [0.4, 0.5) is 0 Å². The van der Waals surface area contributed by atoms with Crippen molar-refractivity contribution in [1.29, 1.82) is 0 Å². The molecule has 0 aliphatic heterocycles. The van der Waals surface area contributed by atoms with E-state index < -0.39 is 11.5 Å². The highest BCUT2D eigenvalue weighted by Crippen LogP contribution is 2.43. The van der Waals surface area contributed by atoms with Crippen LogP contribution in [0.1, 0.15) is 46.5 Å². The van der Waals surface area contributed by atoms with Crippen molar-refractivity contribution in [3.05, 3.63) is 0 Å². The van der Waals surface area contributed by atoms with E-state index in [9.17, 15) is 9.90 Å². The molecule has 1 aliphatic carbocycles. The average molecular weight is 199 g/mol. The topological polar surface area (TPSA) is 63.3 Å². The minimum absolute atomic E-state index is 0.0203. The molecule has 2 atom stereocenters. The van der Waals surface area contributed by atoms with E-state index in [1.54, 1.807) is 0 Å². The van der Waals surface area contributed by atoms with Gasteiger partial charge in [-0.2, -0.15) is 0 Å². The van der Waals surface area contributed by atoms with E-state index in [4.69, 9.17) is 5.73 Å². The van der Waals surface area contributed by atoms with Crippen molar-refractivity contribution in [2.75, 3.05) is 0 Å². The number of hydrogen-bond donors (Lipinski definition) is 2. The smallest absolute Gasteiger partial charge is 0.323 e. The quantitative estimate of drug-likeness (QED) is 0.679. The predicted octanol–water partition coefficient (Wildman–Crippen LogP) is 2.00. The average Bonchev–Trinajstić information content (AvgIpc) is 2.02. The van der Waals surface area contributed by atoms with Crippen LogP contribution in [0.5, 0.6) is 0 Å². The lowest BCUT2D eigenvalue weighted by Gasteiger charge is -2.45. The van der Waals surface area contributed by atoms with Crippen LogP contribution < -0.4 is 5.73 Å². The predicted molar refractivity (Wildman–Crippen MR) is 56.0 cm³/mol. The standard InChI is InChI=1S/C11H21NO2/c1-10(2,3)8-6-4-5-7-11(8,12)9(13)14/h8H,4-7,12H2,1-3H3,(H,13,14)/t8-,11-/m0/s1. The highest BCUT2D eigenvalue weighted by molar-refractivity contribution is 5.79. The molecule has 0 heterocycles. The Labute approximate surface area is 85.7 Å². The summed E-state index contributed by atoms with van der Waals surface area (Å²) in [7, 11) is 0. The first-order valence-corrected chi connectivity index (χ1v) is 5.31. The molecule has 0 unspecified atom stereocenters. The van der Waals surface area contributed by atoms with Crippen LogP contribution >= 0.6 is 0 Å². The van der Waals surface area contributed by atoms with Crippen LogP contribution in [0.3, 0.4) is 0 Å². The molecule has 0 aromatic rings. The summed E-state index contributed by atoms with van der Waals surface area (Å²) in [6, 6.07) is 0. The zero-order valence-electron chi connectivity index (χ0n) is 9.34. The van der Waals surface area contributed by atoms with Gasteiger partial charge in [-0.1, -0.05) is 33.6 Å². The van der Waals surface area contributed by atoms with Crippen LogP contribution in [0.25, 0.3) is 0 Å². The van der Waals surface area contributed by atoms with E-state index in [0.29, 0.717) is 6.42 Å². The van der Waals surface area contributed by atoms with Gasteiger partial charge in [-0.25, -0.2) is 0 Å². The molecule has 1 saturated carbocycles. The van der Waals surface area contributed by atoms with E-state index in [0.717, 1.165) is 19.3 Å². The molecular formula is C11H21NO2. The Morgan fingerprint density at radius 1 is 1.43 bits per heavy atom. The Morgan fingerprint density at radius 3 is 2.36 bits per heavy atom. The van der Waals surface area contributed by atoms with Crippen molar-refractivity contribution in [2.45, 2.75) is 52.0 Å². The molecule has 0 bridgehead atoms. The molecule has 0 radical (unpaired) electrons. The van der Waals surface area contributed by atoms with Crippen LogP contribution in [-0.2, 0) is 4.79 Å². The Morgan fingerprint density at radius 2 is 2.00 bits per heavy atom. The Hall–Kier alpha value is -0.570. The molecule has 1 rings (SSSR count). The van der Waals surface area contributed by atoms with E-state index in [1.165, 1.54) is 0 Å². The summed E-state index contributed by atoms with van der Waals surface area (Å²) in [5.74, 6) is -0.752. The SMILES string of the molecule is CC(C)(C)[C@@H]1CCCC[C@@]1(N)C(=O)O. The van der Waals surface area contributed by atoms with Crippen LogP contribution in [0.2, 0.25) is 0 Å². The first-order chi connectivity index (χ1) is 6.28. The Balaban J connectivity index is 2.95. The van der Waals surface area contributed by atoms with E-state index in [1.807, 2.05) is 0 Å². The normalized spacial score (nSPS) is 34.1. The minimum Gasteiger partial charge on any atom is -0.480 e. The fourth-order valence-corrected chi connectivity index (χ4v) is 2.66.